The number of likely N-dealkylation sites (tertiary alicyclic amines) is 1. The summed E-state index contributed by atoms with van der Waals surface area (Å²) in [5.74, 6) is 0.251. The minimum atomic E-state index is -1.48. The number of nitrogens with zero attached hydrogens (tertiary/aromatic N) is 3. The van der Waals surface area contributed by atoms with E-state index in [1.165, 1.54) is 13.2 Å². The zero-order chi connectivity index (χ0) is 14.5. The summed E-state index contributed by atoms with van der Waals surface area (Å²) in [6.45, 7) is 0.498. The molecule has 0 radical (unpaired) electrons. The molecule has 2 rings (SSSR count). The Morgan fingerprint density at radius 2 is 1.89 bits per heavy atom. The summed E-state index contributed by atoms with van der Waals surface area (Å²) >= 11 is 0. The van der Waals surface area contributed by atoms with Crippen molar-refractivity contribution in [2.24, 2.45) is 0 Å². The number of ether oxygens (including phenoxy) is 1. The normalized spacial score (nSPS) is 36.3. The molecule has 0 unspecified atom stereocenters. The number of methoxy groups -OCH3 is 1. The van der Waals surface area contributed by atoms with Crippen molar-refractivity contribution < 1.29 is 19.1 Å². The van der Waals surface area contributed by atoms with Gasteiger partial charge >= 0.3 is 5.54 Å². The van der Waals surface area contributed by atoms with Crippen LogP contribution >= 0.6 is 0 Å². The number of quaternary nitrogens is 1. The van der Waals surface area contributed by atoms with Crippen molar-refractivity contribution in [2.75, 3.05) is 34.3 Å². The predicted octanol–water partition coefficient (Wildman–Crippen LogP) is 0.431. The van der Waals surface area contributed by atoms with Gasteiger partial charge in [-0.25, -0.2) is 0 Å². The summed E-state index contributed by atoms with van der Waals surface area (Å²) in [5, 5.41) is 23.0. The minimum Gasteiger partial charge on any atom is -0.494 e. The average molecular weight is 272 g/mol. The van der Waals surface area contributed by atoms with Gasteiger partial charge in [-0.05, 0) is 6.08 Å². The van der Waals surface area contributed by atoms with Gasteiger partial charge in [0.25, 0.3) is 5.54 Å². The van der Waals surface area contributed by atoms with Crippen LogP contribution in [-0.2, 0) is 4.74 Å². The lowest BCUT2D eigenvalue weighted by Crippen LogP contribution is -2.72. The largest absolute Gasteiger partial charge is 0.494 e. The third-order valence-corrected chi connectivity index (χ3v) is 4.12. The predicted molar refractivity (Wildman–Crippen MR) is 65.6 cm³/mol. The molecule has 0 aromatic rings. The van der Waals surface area contributed by atoms with Gasteiger partial charge in [0.05, 0.1) is 21.2 Å². The smallest absolute Gasteiger partial charge is 0.331 e. The molecule has 19 heavy (non-hydrogen) atoms. The molecule has 0 aromatic carbocycles. The van der Waals surface area contributed by atoms with Crippen molar-refractivity contribution >= 4 is 0 Å². The fourth-order valence-electron chi connectivity index (χ4n) is 3.67. The van der Waals surface area contributed by atoms with Crippen molar-refractivity contribution in [3.05, 3.63) is 32.1 Å². The molecule has 8 heteroatoms. The monoisotopic (exact) mass is 272 g/mol. The Morgan fingerprint density at radius 1 is 1.26 bits per heavy atom. The number of nitro groups is 2. The highest BCUT2D eigenvalue weighted by Crippen LogP contribution is 2.45. The van der Waals surface area contributed by atoms with Crippen LogP contribution in [0.1, 0.15) is 12.8 Å². The second-order valence-electron chi connectivity index (χ2n) is 6.18. The molecule has 2 aliphatic rings. The molecule has 0 N–H and O–H groups in total. The van der Waals surface area contributed by atoms with Crippen molar-refractivity contribution in [3.63, 3.8) is 0 Å². The molecular weight excluding hydrogens is 254 g/mol. The lowest BCUT2D eigenvalue weighted by atomic mass is 9.70. The summed E-state index contributed by atoms with van der Waals surface area (Å²) < 4.78 is 5.39. The minimum absolute atomic E-state index is 0.0959. The SMILES string of the molecule is COC1=CC[C@@]2([N+](=O)[O-])C[C@@]1([N+](=O)[O-])C[N+](C)(C)C2. The quantitative estimate of drug-likeness (QED) is 0.422. The molecule has 106 valence electrons. The Hall–Kier alpha value is -1.70. The van der Waals surface area contributed by atoms with Crippen LogP contribution in [0.3, 0.4) is 0 Å². The van der Waals surface area contributed by atoms with E-state index in [0.717, 1.165) is 0 Å². The second-order valence-corrected chi connectivity index (χ2v) is 6.18. The van der Waals surface area contributed by atoms with E-state index >= 15 is 0 Å². The van der Waals surface area contributed by atoms with Crippen LogP contribution in [0.4, 0.5) is 0 Å². The first-order valence-electron chi connectivity index (χ1n) is 6.03. The summed E-state index contributed by atoms with van der Waals surface area (Å²) in [5.41, 5.74) is -2.75. The van der Waals surface area contributed by atoms with Crippen LogP contribution in [-0.4, -0.2) is 59.7 Å². The average Bonchev–Trinajstić information content (AvgIpc) is 2.26. The van der Waals surface area contributed by atoms with Crippen LogP contribution in [0.5, 0.6) is 0 Å². The first-order chi connectivity index (χ1) is 8.67. The van der Waals surface area contributed by atoms with Gasteiger partial charge in [-0.2, -0.15) is 0 Å². The maximum absolute atomic E-state index is 11.6. The van der Waals surface area contributed by atoms with Gasteiger partial charge in [-0.15, -0.1) is 0 Å². The van der Waals surface area contributed by atoms with E-state index in [4.69, 9.17) is 4.74 Å². The molecule has 2 bridgehead atoms. The molecule has 1 heterocycles. The van der Waals surface area contributed by atoms with E-state index in [2.05, 4.69) is 0 Å². The highest BCUT2D eigenvalue weighted by atomic mass is 16.6. The third-order valence-electron chi connectivity index (χ3n) is 4.12. The van der Waals surface area contributed by atoms with Crippen molar-refractivity contribution in [2.45, 2.75) is 23.9 Å². The molecule has 0 saturated carbocycles. The number of hydrogen-bond acceptors (Lipinski definition) is 5. The van der Waals surface area contributed by atoms with Crippen molar-refractivity contribution in [1.82, 2.24) is 0 Å². The van der Waals surface area contributed by atoms with Crippen molar-refractivity contribution in [3.8, 4) is 0 Å². The van der Waals surface area contributed by atoms with Gasteiger partial charge in [0.1, 0.15) is 6.42 Å². The van der Waals surface area contributed by atoms with Gasteiger partial charge < -0.3 is 9.22 Å². The fraction of sp³-hybridized carbons (Fsp3) is 0.818. The Kier molecular flexibility index (Phi) is 2.81. The first kappa shape index (κ1) is 13.7. The number of piperidine rings is 1. The zero-order valence-corrected chi connectivity index (χ0v) is 11.3. The third kappa shape index (κ3) is 1.86. The summed E-state index contributed by atoms with van der Waals surface area (Å²) in [4.78, 5) is 22.2. The summed E-state index contributed by atoms with van der Waals surface area (Å²) in [6, 6.07) is 0. The summed E-state index contributed by atoms with van der Waals surface area (Å²) in [7, 11) is 4.95. The van der Waals surface area contributed by atoms with E-state index in [1.54, 1.807) is 14.1 Å². The number of hydrogen-bond donors (Lipinski definition) is 0. The van der Waals surface area contributed by atoms with Gasteiger partial charge in [0.2, 0.25) is 0 Å². The van der Waals surface area contributed by atoms with Gasteiger partial charge in [0, 0.05) is 16.3 Å². The first-order valence-corrected chi connectivity index (χ1v) is 6.03. The maximum atomic E-state index is 11.6. The maximum Gasteiger partial charge on any atom is 0.331 e. The molecule has 1 aliphatic carbocycles. The molecule has 8 nitrogen and oxygen atoms in total. The standard InChI is InChI=1S/C11H18N3O5/c1-14(2)7-10(12(15)16)5-4-9(19-3)11(6-10,8-14)13(17)18/h4H,5-8H2,1-3H3/q+1/t10-,11-/m1/s1. The molecule has 1 aliphatic heterocycles. The van der Waals surface area contributed by atoms with Crippen LogP contribution < -0.4 is 0 Å². The highest BCUT2D eigenvalue weighted by molar-refractivity contribution is 5.21. The number of rotatable bonds is 3. The van der Waals surface area contributed by atoms with Crippen LogP contribution in [0.15, 0.2) is 11.8 Å². The molecule has 2 atom stereocenters. The molecular formula is C11H18N3O5+. The Bertz CT molecular complexity index is 475. The van der Waals surface area contributed by atoms with E-state index in [-0.39, 0.29) is 34.6 Å². The second kappa shape index (κ2) is 3.89. The lowest BCUT2D eigenvalue weighted by molar-refractivity contribution is -0.934. The Morgan fingerprint density at radius 3 is 2.37 bits per heavy atom. The number of fused-ring (bicyclic) bond motifs is 2. The van der Waals surface area contributed by atoms with Gasteiger partial charge in [-0.1, -0.05) is 0 Å². The number of likely N-dealkylation sites (N-methyl/N-ethyl adjacent to an activating group) is 1. The Balaban J connectivity index is 2.60. The highest BCUT2D eigenvalue weighted by Gasteiger charge is 2.70. The van der Waals surface area contributed by atoms with Gasteiger partial charge in [0.15, 0.2) is 18.8 Å². The summed E-state index contributed by atoms with van der Waals surface area (Å²) in [6.07, 6.45) is 1.61. The van der Waals surface area contributed by atoms with Crippen molar-refractivity contribution in [1.29, 1.82) is 0 Å². The van der Waals surface area contributed by atoms with E-state index in [0.29, 0.717) is 6.54 Å². The van der Waals surface area contributed by atoms with E-state index < -0.39 is 16.0 Å². The molecule has 1 saturated heterocycles. The molecule has 1 fully saturated rings. The molecule has 0 amide bonds. The van der Waals surface area contributed by atoms with E-state index in [9.17, 15) is 20.2 Å². The van der Waals surface area contributed by atoms with Crippen LogP contribution in [0.2, 0.25) is 0 Å². The topological polar surface area (TPSA) is 95.5 Å². The van der Waals surface area contributed by atoms with Crippen LogP contribution in [0.25, 0.3) is 0 Å². The van der Waals surface area contributed by atoms with E-state index in [1.807, 2.05) is 0 Å². The van der Waals surface area contributed by atoms with Gasteiger partial charge in [-0.3, -0.25) is 20.2 Å². The fourth-order valence-corrected chi connectivity index (χ4v) is 3.67. The Labute approximate surface area is 110 Å². The lowest BCUT2D eigenvalue weighted by Gasteiger charge is -2.47. The zero-order valence-electron chi connectivity index (χ0n) is 11.3. The van der Waals surface area contributed by atoms with Crippen LogP contribution in [0, 0.1) is 20.2 Å². The molecule has 0 aromatic heterocycles. The molecule has 0 spiro atoms.